The Morgan fingerprint density at radius 3 is 2.49 bits per heavy atom. The van der Waals surface area contributed by atoms with Crippen molar-refractivity contribution in [3.05, 3.63) is 112 Å². The van der Waals surface area contributed by atoms with Crippen LogP contribution in [0.1, 0.15) is 37.7 Å². The Labute approximate surface area is 234 Å². The second kappa shape index (κ2) is 10.5. The van der Waals surface area contributed by atoms with Gasteiger partial charge in [-0.2, -0.15) is 0 Å². The van der Waals surface area contributed by atoms with Gasteiger partial charge < -0.3 is 19.5 Å². The van der Waals surface area contributed by atoms with Gasteiger partial charge in [0.25, 0.3) is 5.91 Å². The van der Waals surface area contributed by atoms with Gasteiger partial charge in [0.1, 0.15) is 11.4 Å². The van der Waals surface area contributed by atoms with Crippen LogP contribution in [-0.4, -0.2) is 27.7 Å². The van der Waals surface area contributed by atoms with E-state index in [1.165, 1.54) is 23.1 Å². The van der Waals surface area contributed by atoms with Crippen LogP contribution in [0.5, 0.6) is 0 Å². The molecule has 0 spiro atoms. The molecule has 0 radical (unpaired) electrons. The molecule has 0 saturated heterocycles. The molecule has 1 N–H and O–H groups in total. The first-order valence-corrected chi connectivity index (χ1v) is 12.8. The van der Waals surface area contributed by atoms with Crippen molar-refractivity contribution in [3.8, 4) is 11.3 Å². The number of carbonyl (C=O) groups excluding carboxylic acids is 2. The fourth-order valence-electron chi connectivity index (χ4n) is 4.95. The topological polar surface area (TPSA) is 128 Å². The van der Waals surface area contributed by atoms with Gasteiger partial charge in [0.2, 0.25) is 5.76 Å². The number of hydrogen-bond acceptors (Lipinski definition) is 7. The van der Waals surface area contributed by atoms with Crippen molar-refractivity contribution < 1.29 is 28.2 Å². The summed E-state index contributed by atoms with van der Waals surface area (Å²) in [4.78, 5) is 40.7. The molecule has 1 aliphatic heterocycles. The zero-order chi connectivity index (χ0) is 29.4. The van der Waals surface area contributed by atoms with Crippen molar-refractivity contribution in [2.45, 2.75) is 44.9 Å². The van der Waals surface area contributed by atoms with Crippen molar-refractivity contribution >= 4 is 23.4 Å². The van der Waals surface area contributed by atoms with Gasteiger partial charge in [-0.3, -0.25) is 14.9 Å². The Hall–Kier alpha value is -5.06. The number of nitro groups is 1. The van der Waals surface area contributed by atoms with Gasteiger partial charge in [-0.05, 0) is 44.5 Å². The maximum absolute atomic E-state index is 14.4. The zero-order valence-corrected chi connectivity index (χ0v) is 22.6. The fraction of sp³-hybridized carbons (Fsp3) is 0.233. The minimum absolute atomic E-state index is 0.129. The number of halogens is 1. The monoisotopic (exact) mass is 558 g/mol. The molecule has 210 valence electrons. The minimum atomic E-state index is -1.84. The normalized spacial score (nSPS) is 16.4. The van der Waals surface area contributed by atoms with Crippen molar-refractivity contribution in [3.63, 3.8) is 0 Å². The van der Waals surface area contributed by atoms with Crippen LogP contribution in [0.15, 0.2) is 83.4 Å². The number of ether oxygens (including phenoxy) is 1. The van der Waals surface area contributed by atoms with Crippen molar-refractivity contribution in [2.75, 3.05) is 4.90 Å². The second-order valence-electron chi connectivity index (χ2n) is 10.7. The Morgan fingerprint density at radius 2 is 1.80 bits per heavy atom. The quantitative estimate of drug-likeness (QED) is 0.221. The summed E-state index contributed by atoms with van der Waals surface area (Å²) in [7, 11) is 0. The highest BCUT2D eigenvalue weighted by Crippen LogP contribution is 2.45. The first-order valence-electron chi connectivity index (χ1n) is 12.8. The zero-order valence-electron chi connectivity index (χ0n) is 22.6. The molecular weight excluding hydrogens is 531 g/mol. The molecule has 1 aliphatic rings. The smallest absolute Gasteiger partial charge is 0.408 e. The van der Waals surface area contributed by atoms with Crippen LogP contribution < -0.4 is 10.2 Å². The molecule has 5 rings (SSSR count). The average molecular weight is 559 g/mol. The minimum Gasteiger partial charge on any atom is -0.444 e. The van der Waals surface area contributed by atoms with Crippen LogP contribution in [0.4, 0.5) is 20.6 Å². The molecule has 3 aromatic carbocycles. The van der Waals surface area contributed by atoms with E-state index >= 15 is 0 Å². The van der Waals surface area contributed by atoms with Crippen LogP contribution in [0.2, 0.25) is 0 Å². The number of fused-ring (bicyclic) bond motifs is 1. The summed E-state index contributed by atoms with van der Waals surface area (Å²) in [6.07, 6.45) is -1.35. The van der Waals surface area contributed by atoms with Crippen LogP contribution in [0.25, 0.3) is 11.3 Å². The van der Waals surface area contributed by atoms with E-state index in [0.29, 0.717) is 11.3 Å². The molecule has 1 atom stereocenters. The van der Waals surface area contributed by atoms with E-state index in [1.54, 1.807) is 45.0 Å². The highest BCUT2D eigenvalue weighted by Gasteiger charge is 2.54. The molecule has 11 heteroatoms. The van der Waals surface area contributed by atoms with E-state index in [2.05, 4.69) is 10.5 Å². The van der Waals surface area contributed by atoms with Gasteiger partial charge in [0, 0.05) is 11.1 Å². The molecule has 0 bridgehead atoms. The van der Waals surface area contributed by atoms with E-state index in [-0.39, 0.29) is 23.6 Å². The lowest BCUT2D eigenvalue weighted by molar-refractivity contribution is -0.385. The number of para-hydroxylation sites is 1. The molecule has 41 heavy (non-hydrogen) atoms. The number of carbonyl (C=O) groups is 2. The van der Waals surface area contributed by atoms with E-state index in [1.807, 2.05) is 30.3 Å². The molecule has 0 fully saturated rings. The van der Waals surface area contributed by atoms with E-state index in [9.17, 15) is 24.1 Å². The number of rotatable bonds is 7. The first-order chi connectivity index (χ1) is 19.5. The Kier molecular flexibility index (Phi) is 7.04. The molecule has 0 unspecified atom stereocenters. The summed E-state index contributed by atoms with van der Waals surface area (Å²) in [5, 5.41) is 18.9. The number of hydrogen-bond donors (Lipinski definition) is 1. The van der Waals surface area contributed by atoms with Gasteiger partial charge in [-0.1, -0.05) is 65.8 Å². The second-order valence-corrected chi connectivity index (χ2v) is 10.7. The third-order valence-corrected chi connectivity index (χ3v) is 6.60. The largest absolute Gasteiger partial charge is 0.444 e. The third kappa shape index (κ3) is 5.38. The molecule has 2 heterocycles. The maximum Gasteiger partial charge on any atom is 0.408 e. The summed E-state index contributed by atoms with van der Waals surface area (Å²) < 4.78 is 24.9. The lowest BCUT2D eigenvalue weighted by Gasteiger charge is -2.30. The van der Waals surface area contributed by atoms with E-state index in [0.717, 1.165) is 11.6 Å². The Morgan fingerprint density at radius 1 is 1.10 bits per heavy atom. The molecule has 10 nitrogen and oxygen atoms in total. The number of aromatic nitrogens is 1. The Balaban J connectivity index is 1.64. The number of benzene rings is 3. The lowest BCUT2D eigenvalue weighted by Crippen LogP contribution is -2.55. The lowest BCUT2D eigenvalue weighted by atomic mass is 9.86. The van der Waals surface area contributed by atoms with Gasteiger partial charge >= 0.3 is 11.8 Å². The van der Waals surface area contributed by atoms with Crippen molar-refractivity contribution in [1.29, 1.82) is 0 Å². The van der Waals surface area contributed by atoms with Crippen LogP contribution in [0, 0.1) is 15.9 Å². The number of anilines is 1. The number of nitrogens with one attached hydrogen (secondary N) is 1. The number of nitrogens with zero attached hydrogens (tertiary/aromatic N) is 3. The van der Waals surface area contributed by atoms with Gasteiger partial charge in [-0.25, -0.2) is 9.18 Å². The van der Waals surface area contributed by atoms with Crippen LogP contribution >= 0.6 is 0 Å². The molecule has 0 aliphatic carbocycles. The number of amides is 2. The third-order valence-electron chi connectivity index (χ3n) is 6.60. The average Bonchev–Trinajstić information content (AvgIpc) is 3.42. The fourth-order valence-corrected chi connectivity index (χ4v) is 4.95. The van der Waals surface area contributed by atoms with Crippen LogP contribution in [0.3, 0.4) is 0 Å². The molecule has 0 saturated carbocycles. The predicted octanol–water partition coefficient (Wildman–Crippen LogP) is 5.90. The van der Waals surface area contributed by atoms with Crippen LogP contribution in [-0.2, 0) is 28.0 Å². The number of alkyl carbamates (subject to hydrolysis) is 1. The summed E-state index contributed by atoms with van der Waals surface area (Å²) in [6.45, 7) is 5.22. The summed E-state index contributed by atoms with van der Waals surface area (Å²) >= 11 is 0. The summed E-state index contributed by atoms with van der Waals surface area (Å²) in [5.41, 5.74) is -1.57. The van der Waals surface area contributed by atoms with E-state index < -0.39 is 46.0 Å². The van der Waals surface area contributed by atoms with Gasteiger partial charge in [-0.15, -0.1) is 0 Å². The summed E-state index contributed by atoms with van der Waals surface area (Å²) in [5.74, 6) is -1.41. The highest BCUT2D eigenvalue weighted by atomic mass is 19.1. The first kappa shape index (κ1) is 27.5. The summed E-state index contributed by atoms with van der Waals surface area (Å²) in [6, 6.07) is 21.3. The van der Waals surface area contributed by atoms with E-state index in [4.69, 9.17) is 9.26 Å². The molecule has 2 amide bonds. The van der Waals surface area contributed by atoms with Gasteiger partial charge in [0.05, 0.1) is 23.6 Å². The van der Waals surface area contributed by atoms with Gasteiger partial charge in [0.15, 0.2) is 11.2 Å². The molecular formula is C30H27FN4O6. The molecule has 4 aromatic rings. The standard InChI is InChI=1S/C30H27FN4O6/c1-29(2,3)40-28(37)32-30(17-24-26(35(38)39)25(33-41-24)20-12-9-13-21(31)16-20)22-14-7-8-15-23(22)34(27(30)36)18-19-10-5-4-6-11-19/h4-16H,17-18H2,1-3H3,(H,32,37)/t30-/m1/s1. The SMILES string of the molecule is CC(C)(C)OC(=O)N[C@@]1(Cc2onc(-c3cccc(F)c3)c2[N+](=O)[O-])C(=O)N(Cc2ccccc2)c2ccccc21. The van der Waals surface area contributed by atoms with Crippen molar-refractivity contribution in [2.24, 2.45) is 0 Å². The predicted molar refractivity (Wildman–Crippen MR) is 147 cm³/mol. The van der Waals surface area contributed by atoms with Crippen molar-refractivity contribution in [1.82, 2.24) is 10.5 Å². The highest BCUT2D eigenvalue weighted by molar-refractivity contribution is 6.09. The Bertz CT molecular complexity index is 1630. The molecule has 1 aromatic heterocycles. The maximum atomic E-state index is 14.4.